The average molecular weight is 306 g/mol. The molecular formula is C16H22N2O4. The van der Waals surface area contributed by atoms with Crippen LogP contribution in [-0.4, -0.2) is 37.3 Å². The zero-order valence-corrected chi connectivity index (χ0v) is 13.6. The summed E-state index contributed by atoms with van der Waals surface area (Å²) in [4.78, 5) is 25.9. The van der Waals surface area contributed by atoms with E-state index in [0.717, 1.165) is 5.56 Å². The molecule has 0 aliphatic carbocycles. The van der Waals surface area contributed by atoms with E-state index in [2.05, 4.69) is 5.32 Å². The Kier molecular flexibility index (Phi) is 4.30. The maximum atomic E-state index is 12.5. The van der Waals surface area contributed by atoms with Gasteiger partial charge in [0.05, 0.1) is 5.69 Å². The maximum Gasteiger partial charge on any atom is 0.408 e. The number of para-hydroxylation sites is 1. The summed E-state index contributed by atoms with van der Waals surface area (Å²) in [5.41, 5.74) is 1.01. The molecule has 1 aliphatic rings. The Labute approximate surface area is 130 Å². The molecule has 1 heterocycles. The molecule has 1 N–H and O–H groups in total. The highest BCUT2D eigenvalue weighted by molar-refractivity contribution is 6.00. The maximum absolute atomic E-state index is 12.5. The standard InChI is InChI=1S/C16H22N2O4/c1-10-7-6-8-12-13(10)21-9-11(14(19)18(12)5)17-15(20)22-16(2,3)4/h6-8,11H,9H2,1-5H3,(H,17,20)/t11-/m0/s1. The molecule has 0 unspecified atom stereocenters. The second-order valence-electron chi connectivity index (χ2n) is 6.33. The zero-order valence-electron chi connectivity index (χ0n) is 13.6. The molecule has 1 aromatic rings. The summed E-state index contributed by atoms with van der Waals surface area (Å²) in [6.45, 7) is 7.29. The lowest BCUT2D eigenvalue weighted by Crippen LogP contribution is -2.50. The van der Waals surface area contributed by atoms with Crippen molar-refractivity contribution in [1.82, 2.24) is 5.32 Å². The third-order valence-corrected chi connectivity index (χ3v) is 3.27. The van der Waals surface area contributed by atoms with Gasteiger partial charge in [-0.2, -0.15) is 0 Å². The van der Waals surface area contributed by atoms with Crippen LogP contribution < -0.4 is 15.0 Å². The van der Waals surface area contributed by atoms with Crippen LogP contribution in [0.3, 0.4) is 0 Å². The number of benzene rings is 1. The van der Waals surface area contributed by atoms with Crippen LogP contribution >= 0.6 is 0 Å². The minimum atomic E-state index is -0.786. The molecule has 0 bridgehead atoms. The predicted octanol–water partition coefficient (Wildman–Crippen LogP) is 2.24. The van der Waals surface area contributed by atoms with E-state index in [-0.39, 0.29) is 12.5 Å². The van der Waals surface area contributed by atoms with E-state index in [9.17, 15) is 9.59 Å². The molecule has 1 aromatic carbocycles. The number of nitrogens with one attached hydrogen (secondary N) is 1. The van der Waals surface area contributed by atoms with Crippen molar-refractivity contribution >= 4 is 17.7 Å². The number of hydrogen-bond donors (Lipinski definition) is 1. The fourth-order valence-corrected chi connectivity index (χ4v) is 2.23. The summed E-state index contributed by atoms with van der Waals surface area (Å²) in [5.74, 6) is 0.419. The van der Waals surface area contributed by atoms with Crippen LogP contribution in [-0.2, 0) is 9.53 Å². The van der Waals surface area contributed by atoms with Crippen LogP contribution in [0.2, 0.25) is 0 Å². The number of alkyl carbamates (subject to hydrolysis) is 1. The molecule has 120 valence electrons. The Morgan fingerprint density at radius 3 is 2.73 bits per heavy atom. The van der Waals surface area contributed by atoms with Crippen molar-refractivity contribution in [1.29, 1.82) is 0 Å². The van der Waals surface area contributed by atoms with Gasteiger partial charge in [0.1, 0.15) is 24.0 Å². The van der Waals surface area contributed by atoms with Crippen molar-refractivity contribution < 1.29 is 19.1 Å². The van der Waals surface area contributed by atoms with Gasteiger partial charge < -0.3 is 19.7 Å². The number of carbonyl (C=O) groups excluding carboxylic acids is 2. The van der Waals surface area contributed by atoms with Gasteiger partial charge in [0.15, 0.2) is 0 Å². The molecule has 2 rings (SSSR count). The number of hydrogen-bond acceptors (Lipinski definition) is 4. The monoisotopic (exact) mass is 306 g/mol. The summed E-state index contributed by atoms with van der Waals surface area (Å²) in [7, 11) is 1.67. The van der Waals surface area contributed by atoms with Gasteiger partial charge in [0.2, 0.25) is 0 Å². The molecule has 0 aromatic heterocycles. The fourth-order valence-electron chi connectivity index (χ4n) is 2.23. The molecule has 0 radical (unpaired) electrons. The van der Waals surface area contributed by atoms with Crippen molar-refractivity contribution in [3.63, 3.8) is 0 Å². The Morgan fingerprint density at radius 1 is 1.41 bits per heavy atom. The second-order valence-corrected chi connectivity index (χ2v) is 6.33. The van der Waals surface area contributed by atoms with E-state index in [1.165, 1.54) is 4.90 Å². The van der Waals surface area contributed by atoms with Crippen LogP contribution in [0.25, 0.3) is 0 Å². The van der Waals surface area contributed by atoms with Crippen molar-refractivity contribution in [2.24, 2.45) is 0 Å². The van der Waals surface area contributed by atoms with Crippen molar-refractivity contribution in [2.75, 3.05) is 18.6 Å². The number of carbonyl (C=O) groups is 2. The van der Waals surface area contributed by atoms with E-state index in [1.807, 2.05) is 25.1 Å². The lowest BCUT2D eigenvalue weighted by molar-refractivity contribution is -0.120. The molecule has 22 heavy (non-hydrogen) atoms. The highest BCUT2D eigenvalue weighted by atomic mass is 16.6. The summed E-state index contributed by atoms with van der Waals surface area (Å²) in [6, 6.07) is 4.81. The van der Waals surface area contributed by atoms with E-state index in [4.69, 9.17) is 9.47 Å². The normalized spacial score (nSPS) is 18.1. The molecule has 1 aliphatic heterocycles. The largest absolute Gasteiger partial charge is 0.488 e. The third-order valence-electron chi connectivity index (χ3n) is 3.27. The molecule has 0 spiro atoms. The minimum absolute atomic E-state index is 0.0697. The molecule has 6 nitrogen and oxygen atoms in total. The summed E-state index contributed by atoms with van der Waals surface area (Å²) in [6.07, 6.45) is -0.634. The van der Waals surface area contributed by atoms with Gasteiger partial charge in [-0.25, -0.2) is 4.79 Å². The highest BCUT2D eigenvalue weighted by Crippen LogP contribution is 2.33. The summed E-state index contributed by atoms with van der Waals surface area (Å²) in [5, 5.41) is 2.57. The first-order chi connectivity index (χ1) is 10.2. The second kappa shape index (κ2) is 5.87. The predicted molar refractivity (Wildman–Crippen MR) is 83.2 cm³/mol. The molecule has 0 saturated carbocycles. The van der Waals surface area contributed by atoms with Crippen LogP contribution in [0.1, 0.15) is 26.3 Å². The van der Waals surface area contributed by atoms with Crippen LogP contribution in [0, 0.1) is 6.92 Å². The van der Waals surface area contributed by atoms with Gasteiger partial charge in [-0.1, -0.05) is 12.1 Å². The van der Waals surface area contributed by atoms with Gasteiger partial charge in [-0.15, -0.1) is 0 Å². The average Bonchev–Trinajstić information content (AvgIpc) is 2.50. The minimum Gasteiger partial charge on any atom is -0.488 e. The van der Waals surface area contributed by atoms with E-state index in [1.54, 1.807) is 27.8 Å². The van der Waals surface area contributed by atoms with Crippen molar-refractivity contribution in [3.8, 4) is 5.75 Å². The smallest absolute Gasteiger partial charge is 0.408 e. The van der Waals surface area contributed by atoms with Gasteiger partial charge in [-0.3, -0.25) is 4.79 Å². The number of anilines is 1. The molecule has 0 saturated heterocycles. The number of fused-ring (bicyclic) bond motifs is 1. The molecule has 1 atom stereocenters. The Balaban J connectivity index is 2.16. The van der Waals surface area contributed by atoms with E-state index in [0.29, 0.717) is 11.4 Å². The number of rotatable bonds is 1. The van der Waals surface area contributed by atoms with Gasteiger partial charge in [0, 0.05) is 7.05 Å². The van der Waals surface area contributed by atoms with E-state index >= 15 is 0 Å². The number of ether oxygens (including phenoxy) is 2. The molecule has 0 fully saturated rings. The first kappa shape index (κ1) is 16.1. The molecular weight excluding hydrogens is 284 g/mol. The van der Waals surface area contributed by atoms with E-state index < -0.39 is 17.7 Å². The summed E-state index contributed by atoms with van der Waals surface area (Å²) >= 11 is 0. The number of nitrogens with zero attached hydrogens (tertiary/aromatic N) is 1. The quantitative estimate of drug-likeness (QED) is 0.864. The molecule has 6 heteroatoms. The van der Waals surface area contributed by atoms with Crippen molar-refractivity contribution in [2.45, 2.75) is 39.3 Å². The first-order valence-electron chi connectivity index (χ1n) is 7.18. The Bertz CT molecular complexity index is 592. The van der Waals surface area contributed by atoms with Gasteiger partial charge >= 0.3 is 6.09 Å². The van der Waals surface area contributed by atoms with Gasteiger partial charge in [-0.05, 0) is 39.3 Å². The fraction of sp³-hybridized carbons (Fsp3) is 0.500. The summed E-state index contributed by atoms with van der Waals surface area (Å²) < 4.78 is 10.9. The van der Waals surface area contributed by atoms with Gasteiger partial charge in [0.25, 0.3) is 5.91 Å². The zero-order chi connectivity index (χ0) is 16.5. The number of amides is 2. The van der Waals surface area contributed by atoms with Crippen molar-refractivity contribution in [3.05, 3.63) is 23.8 Å². The van der Waals surface area contributed by atoms with Crippen LogP contribution in [0.4, 0.5) is 10.5 Å². The molecule has 2 amide bonds. The number of aryl methyl sites for hydroxylation is 1. The van der Waals surface area contributed by atoms with Crippen LogP contribution in [0.15, 0.2) is 18.2 Å². The lowest BCUT2D eigenvalue weighted by Gasteiger charge is -2.23. The first-order valence-corrected chi connectivity index (χ1v) is 7.18. The third kappa shape index (κ3) is 3.50. The Morgan fingerprint density at radius 2 is 2.09 bits per heavy atom. The van der Waals surface area contributed by atoms with Crippen LogP contribution in [0.5, 0.6) is 5.75 Å². The lowest BCUT2D eigenvalue weighted by atomic mass is 10.2. The topological polar surface area (TPSA) is 67.9 Å². The highest BCUT2D eigenvalue weighted by Gasteiger charge is 2.32. The number of likely N-dealkylation sites (N-methyl/N-ethyl adjacent to an activating group) is 1. The SMILES string of the molecule is Cc1cccc2c1OC[C@H](NC(=O)OC(C)(C)C)C(=O)N2C. The Hall–Kier alpha value is -2.24.